The molecule has 1 fully saturated rings. The summed E-state index contributed by atoms with van der Waals surface area (Å²) in [5, 5.41) is 2.97. The maximum Gasteiger partial charge on any atom is 0.225 e. The maximum absolute atomic E-state index is 12.2. The third kappa shape index (κ3) is 5.90. The number of benzene rings is 1. The van der Waals surface area contributed by atoms with E-state index in [9.17, 15) is 9.59 Å². The van der Waals surface area contributed by atoms with Crippen LogP contribution in [-0.4, -0.2) is 42.1 Å². The van der Waals surface area contributed by atoms with Crippen LogP contribution in [0.4, 0.5) is 0 Å². The largest absolute Gasteiger partial charge is 0.356 e. The molecule has 0 radical (unpaired) electrons. The molecule has 0 aliphatic carbocycles. The topological polar surface area (TPSA) is 49.4 Å². The average molecular weight is 334 g/mol. The van der Waals surface area contributed by atoms with Crippen LogP contribution in [-0.2, 0) is 9.59 Å². The number of carbonyl (C=O) groups excluding carboxylic acids is 2. The van der Waals surface area contributed by atoms with Gasteiger partial charge in [0.2, 0.25) is 11.8 Å². The van der Waals surface area contributed by atoms with Gasteiger partial charge in [-0.2, -0.15) is 0 Å². The number of carbonyl (C=O) groups is 2. The lowest BCUT2D eigenvalue weighted by atomic mass is 10.1. The lowest BCUT2D eigenvalue weighted by molar-refractivity contribution is -0.129. The van der Waals surface area contributed by atoms with Gasteiger partial charge in [-0.3, -0.25) is 9.59 Å². The third-order valence-electron chi connectivity index (χ3n) is 3.80. The molecule has 1 saturated heterocycles. The van der Waals surface area contributed by atoms with E-state index >= 15 is 0 Å². The summed E-state index contributed by atoms with van der Waals surface area (Å²) in [6.45, 7) is 6.17. The molecule has 0 aromatic heterocycles. The summed E-state index contributed by atoms with van der Waals surface area (Å²) in [5.74, 6) is 1.37. The molecule has 1 aliphatic rings. The van der Waals surface area contributed by atoms with E-state index < -0.39 is 0 Å². The molecule has 0 unspecified atom stereocenters. The summed E-state index contributed by atoms with van der Waals surface area (Å²) in [7, 11) is 0. The first-order valence-corrected chi connectivity index (χ1v) is 9.28. The Kier molecular flexibility index (Phi) is 6.96. The van der Waals surface area contributed by atoms with Gasteiger partial charge in [0.25, 0.3) is 0 Å². The number of hydrogen-bond donors (Lipinski definition) is 1. The lowest BCUT2D eigenvalue weighted by Gasteiger charge is -2.18. The number of amides is 2. The second-order valence-electron chi connectivity index (χ2n) is 6.40. The van der Waals surface area contributed by atoms with E-state index in [1.165, 1.54) is 4.90 Å². The van der Waals surface area contributed by atoms with Crippen molar-refractivity contribution in [2.75, 3.05) is 25.4 Å². The summed E-state index contributed by atoms with van der Waals surface area (Å²) < 4.78 is 0. The van der Waals surface area contributed by atoms with Gasteiger partial charge in [-0.05, 0) is 30.2 Å². The minimum Gasteiger partial charge on any atom is -0.356 e. The molecule has 126 valence electrons. The number of hydrogen-bond acceptors (Lipinski definition) is 3. The van der Waals surface area contributed by atoms with E-state index in [-0.39, 0.29) is 17.7 Å². The number of likely N-dealkylation sites (tertiary alicyclic amines) is 1. The molecule has 0 spiro atoms. The highest BCUT2D eigenvalue weighted by Crippen LogP contribution is 2.20. The second kappa shape index (κ2) is 8.96. The first kappa shape index (κ1) is 17.9. The van der Waals surface area contributed by atoms with Gasteiger partial charge >= 0.3 is 0 Å². The van der Waals surface area contributed by atoms with E-state index in [1.54, 1.807) is 11.8 Å². The molecule has 2 amide bonds. The van der Waals surface area contributed by atoms with Crippen LogP contribution in [0.3, 0.4) is 0 Å². The smallest absolute Gasteiger partial charge is 0.225 e. The maximum atomic E-state index is 12.2. The number of nitrogens with zero attached hydrogens (tertiary/aromatic N) is 1. The zero-order valence-electron chi connectivity index (χ0n) is 14.0. The Morgan fingerprint density at radius 2 is 2.09 bits per heavy atom. The van der Waals surface area contributed by atoms with Crippen molar-refractivity contribution in [3.8, 4) is 0 Å². The third-order valence-corrected chi connectivity index (χ3v) is 4.90. The van der Waals surface area contributed by atoms with Crippen LogP contribution >= 0.6 is 11.8 Å². The van der Waals surface area contributed by atoms with Crippen molar-refractivity contribution in [3.05, 3.63) is 30.3 Å². The van der Waals surface area contributed by atoms with E-state index in [2.05, 4.69) is 31.3 Å². The molecule has 4 nitrogen and oxygen atoms in total. The molecule has 1 aromatic rings. The Hall–Kier alpha value is -1.49. The van der Waals surface area contributed by atoms with Crippen LogP contribution in [0.5, 0.6) is 0 Å². The minimum atomic E-state index is -0.178. The van der Waals surface area contributed by atoms with Crippen LogP contribution < -0.4 is 5.32 Å². The molecule has 1 aliphatic heterocycles. The lowest BCUT2D eigenvalue weighted by Crippen LogP contribution is -2.34. The van der Waals surface area contributed by atoms with Crippen molar-refractivity contribution in [2.45, 2.75) is 31.6 Å². The molecule has 1 atom stereocenters. The van der Waals surface area contributed by atoms with E-state index in [4.69, 9.17) is 0 Å². The van der Waals surface area contributed by atoms with Gasteiger partial charge in [0.05, 0.1) is 5.92 Å². The standard InChI is InChI=1S/C18H26N2O2S/c1-14(2)12-20-13-15(11-17(20)21)18(22)19-9-6-10-23-16-7-4-3-5-8-16/h3-5,7-8,14-15H,6,9-13H2,1-2H3,(H,19,22)/t15-/m0/s1. The Morgan fingerprint density at radius 3 is 2.78 bits per heavy atom. The Bertz CT molecular complexity index is 519. The molecule has 1 N–H and O–H groups in total. The monoisotopic (exact) mass is 334 g/mol. The second-order valence-corrected chi connectivity index (χ2v) is 7.57. The fraction of sp³-hybridized carbons (Fsp3) is 0.556. The molecule has 0 saturated carbocycles. The number of rotatable bonds is 8. The van der Waals surface area contributed by atoms with E-state index in [0.29, 0.717) is 25.4 Å². The Labute approximate surface area is 143 Å². The summed E-state index contributed by atoms with van der Waals surface area (Å²) in [6.07, 6.45) is 1.29. The molecule has 2 rings (SSSR count). The van der Waals surface area contributed by atoms with Gasteiger partial charge in [-0.15, -0.1) is 11.8 Å². The first-order chi connectivity index (χ1) is 11.1. The van der Waals surface area contributed by atoms with Crippen LogP contribution in [0.2, 0.25) is 0 Å². The fourth-order valence-electron chi connectivity index (χ4n) is 2.70. The van der Waals surface area contributed by atoms with Crippen molar-refractivity contribution >= 4 is 23.6 Å². The van der Waals surface area contributed by atoms with Crippen LogP contribution in [0.1, 0.15) is 26.7 Å². The predicted octanol–water partition coefficient (Wildman–Crippen LogP) is 2.79. The van der Waals surface area contributed by atoms with Crippen molar-refractivity contribution in [3.63, 3.8) is 0 Å². The Balaban J connectivity index is 1.63. The first-order valence-electron chi connectivity index (χ1n) is 8.29. The van der Waals surface area contributed by atoms with Crippen molar-refractivity contribution in [1.29, 1.82) is 0 Å². The van der Waals surface area contributed by atoms with Crippen LogP contribution in [0.25, 0.3) is 0 Å². The van der Waals surface area contributed by atoms with Gasteiger partial charge in [0.15, 0.2) is 0 Å². The quantitative estimate of drug-likeness (QED) is 0.587. The van der Waals surface area contributed by atoms with Crippen molar-refractivity contribution < 1.29 is 9.59 Å². The molecule has 0 bridgehead atoms. The molecule has 23 heavy (non-hydrogen) atoms. The average Bonchev–Trinajstić information content (AvgIpc) is 2.88. The predicted molar refractivity (Wildman–Crippen MR) is 94.3 cm³/mol. The van der Waals surface area contributed by atoms with Gasteiger partial charge in [-0.25, -0.2) is 0 Å². The highest BCUT2D eigenvalue weighted by molar-refractivity contribution is 7.99. The number of thioether (sulfide) groups is 1. The normalized spacial score (nSPS) is 17.8. The van der Waals surface area contributed by atoms with Gasteiger partial charge < -0.3 is 10.2 Å². The highest BCUT2D eigenvalue weighted by Gasteiger charge is 2.34. The zero-order chi connectivity index (χ0) is 16.7. The molecule has 5 heteroatoms. The molecule has 1 aromatic carbocycles. The van der Waals surface area contributed by atoms with Gasteiger partial charge in [0, 0.05) is 31.0 Å². The SMILES string of the molecule is CC(C)CN1C[C@@H](C(=O)NCCCSc2ccccc2)CC1=O. The van der Waals surface area contributed by atoms with Crippen LogP contribution in [0.15, 0.2) is 35.2 Å². The molecule has 1 heterocycles. The molecular formula is C18H26N2O2S. The summed E-state index contributed by atoms with van der Waals surface area (Å²) >= 11 is 1.80. The summed E-state index contributed by atoms with van der Waals surface area (Å²) in [6, 6.07) is 10.3. The van der Waals surface area contributed by atoms with Gasteiger partial charge in [0.1, 0.15) is 0 Å². The van der Waals surface area contributed by atoms with Crippen molar-refractivity contribution in [1.82, 2.24) is 10.2 Å². The fourth-order valence-corrected chi connectivity index (χ4v) is 3.57. The van der Waals surface area contributed by atoms with Crippen LogP contribution in [0, 0.1) is 11.8 Å². The number of nitrogens with one attached hydrogen (secondary N) is 1. The molecular weight excluding hydrogens is 308 g/mol. The summed E-state index contributed by atoms with van der Waals surface area (Å²) in [4.78, 5) is 27.1. The highest BCUT2D eigenvalue weighted by atomic mass is 32.2. The zero-order valence-corrected chi connectivity index (χ0v) is 14.8. The van der Waals surface area contributed by atoms with E-state index in [0.717, 1.165) is 18.7 Å². The van der Waals surface area contributed by atoms with Crippen molar-refractivity contribution in [2.24, 2.45) is 11.8 Å². The Morgan fingerprint density at radius 1 is 1.35 bits per heavy atom. The van der Waals surface area contributed by atoms with E-state index in [1.807, 2.05) is 23.1 Å². The van der Waals surface area contributed by atoms with Gasteiger partial charge in [-0.1, -0.05) is 32.0 Å². The minimum absolute atomic E-state index is 0.0225. The summed E-state index contributed by atoms with van der Waals surface area (Å²) in [5.41, 5.74) is 0.